The lowest BCUT2D eigenvalue weighted by Crippen LogP contribution is -2.23. The van der Waals surface area contributed by atoms with E-state index in [1.165, 1.54) is 29.8 Å². The smallest absolute Gasteiger partial charge is 0.419 e. The molecule has 0 unspecified atom stereocenters. The zero-order valence-electron chi connectivity index (χ0n) is 13.6. The number of sulfonamides is 1. The number of aromatic nitrogens is 1. The van der Waals surface area contributed by atoms with Crippen LogP contribution >= 0.6 is 11.3 Å². The highest BCUT2D eigenvalue weighted by Gasteiger charge is 2.17. The van der Waals surface area contributed by atoms with Gasteiger partial charge < -0.3 is 8.83 Å². The van der Waals surface area contributed by atoms with Gasteiger partial charge in [0.05, 0.1) is 21.8 Å². The Morgan fingerprint density at radius 1 is 1.15 bits per heavy atom. The maximum absolute atomic E-state index is 12.5. The molecule has 1 aromatic carbocycles. The molecule has 0 saturated heterocycles. The maximum atomic E-state index is 12.5. The van der Waals surface area contributed by atoms with Gasteiger partial charge in [0, 0.05) is 7.05 Å². The molecule has 0 aliphatic rings. The summed E-state index contributed by atoms with van der Waals surface area (Å²) in [7, 11) is -2.25. The van der Waals surface area contributed by atoms with E-state index in [1.807, 2.05) is 23.6 Å². The molecule has 0 fully saturated rings. The molecule has 9 heteroatoms. The number of benzene rings is 1. The van der Waals surface area contributed by atoms with E-state index >= 15 is 0 Å². The number of nitrogens with zero attached hydrogens (tertiary/aromatic N) is 1. The van der Waals surface area contributed by atoms with Crippen LogP contribution in [-0.4, -0.2) is 13.0 Å². The number of oxazole rings is 1. The highest BCUT2D eigenvalue weighted by atomic mass is 32.2. The Bertz CT molecular complexity index is 1230. The lowest BCUT2D eigenvalue weighted by atomic mass is 10.3. The van der Waals surface area contributed by atoms with E-state index in [0.29, 0.717) is 22.6 Å². The quantitative estimate of drug-likeness (QED) is 0.565. The number of fused-ring (bicyclic) bond motifs is 1. The molecule has 0 aliphatic heterocycles. The summed E-state index contributed by atoms with van der Waals surface area (Å²) in [5.74, 6) is 0.664. The number of nitrogens with one attached hydrogen (secondary N) is 1. The number of rotatable bonds is 5. The van der Waals surface area contributed by atoms with Crippen LogP contribution in [0.4, 0.5) is 0 Å². The second-order valence-corrected chi connectivity index (χ2v) is 8.34. The standard InChI is InChI=1S/C17H14N2O5S2/c1-19-13-9-12(5-7-14(13)24-17(19)20)26(21,22)18-10-11-4-6-15(23-11)16-3-2-8-25-16/h2-9,18H,10H2,1H3. The Hall–Kier alpha value is -2.62. The van der Waals surface area contributed by atoms with Crippen LogP contribution in [0.15, 0.2) is 66.4 Å². The van der Waals surface area contributed by atoms with Gasteiger partial charge in [-0.1, -0.05) is 6.07 Å². The molecule has 3 aromatic heterocycles. The molecule has 3 heterocycles. The fourth-order valence-corrected chi connectivity index (χ4v) is 4.25. The van der Waals surface area contributed by atoms with E-state index in [0.717, 1.165) is 4.88 Å². The zero-order chi connectivity index (χ0) is 18.3. The van der Waals surface area contributed by atoms with Crippen molar-refractivity contribution in [3.8, 4) is 10.6 Å². The van der Waals surface area contributed by atoms with E-state index in [9.17, 15) is 13.2 Å². The van der Waals surface area contributed by atoms with Crippen molar-refractivity contribution in [1.29, 1.82) is 0 Å². The van der Waals surface area contributed by atoms with E-state index in [4.69, 9.17) is 8.83 Å². The van der Waals surface area contributed by atoms with Gasteiger partial charge in [0.25, 0.3) is 0 Å². The molecule has 0 bridgehead atoms. The summed E-state index contributed by atoms with van der Waals surface area (Å²) in [6, 6.07) is 11.7. The molecule has 4 rings (SSSR count). The summed E-state index contributed by atoms with van der Waals surface area (Å²) >= 11 is 1.55. The molecule has 1 N–H and O–H groups in total. The van der Waals surface area contributed by atoms with Crippen LogP contribution in [0.2, 0.25) is 0 Å². The molecule has 0 aliphatic carbocycles. The Morgan fingerprint density at radius 2 is 2.00 bits per heavy atom. The Kier molecular flexibility index (Phi) is 4.06. The van der Waals surface area contributed by atoms with Gasteiger partial charge in [0.1, 0.15) is 11.5 Å². The molecule has 26 heavy (non-hydrogen) atoms. The lowest BCUT2D eigenvalue weighted by Gasteiger charge is -2.05. The second-order valence-electron chi connectivity index (χ2n) is 5.62. The van der Waals surface area contributed by atoms with Crippen LogP contribution in [-0.2, 0) is 23.6 Å². The van der Waals surface area contributed by atoms with Crippen LogP contribution in [0, 0.1) is 0 Å². The zero-order valence-corrected chi connectivity index (χ0v) is 15.3. The van der Waals surface area contributed by atoms with Gasteiger partial charge in [-0.2, -0.15) is 0 Å². The molecular formula is C17H14N2O5S2. The molecule has 0 spiro atoms. The van der Waals surface area contributed by atoms with Gasteiger partial charge in [-0.05, 0) is 41.8 Å². The van der Waals surface area contributed by atoms with Gasteiger partial charge in [-0.15, -0.1) is 11.3 Å². The molecule has 0 amide bonds. The fourth-order valence-electron chi connectivity index (χ4n) is 2.55. The van der Waals surface area contributed by atoms with Crippen molar-refractivity contribution in [2.75, 3.05) is 0 Å². The Morgan fingerprint density at radius 3 is 2.77 bits per heavy atom. The van der Waals surface area contributed by atoms with Gasteiger partial charge in [0.15, 0.2) is 5.58 Å². The SMILES string of the molecule is Cn1c(=O)oc2ccc(S(=O)(=O)NCc3ccc(-c4cccs4)o3)cc21. The van der Waals surface area contributed by atoms with Gasteiger partial charge >= 0.3 is 5.76 Å². The number of hydrogen-bond donors (Lipinski definition) is 1. The molecule has 0 atom stereocenters. The van der Waals surface area contributed by atoms with Crippen molar-refractivity contribution in [1.82, 2.24) is 9.29 Å². The average Bonchev–Trinajstić information content (AvgIpc) is 3.34. The van der Waals surface area contributed by atoms with Crippen LogP contribution in [0.1, 0.15) is 5.76 Å². The molecule has 0 radical (unpaired) electrons. The van der Waals surface area contributed by atoms with Gasteiger partial charge in [0.2, 0.25) is 10.0 Å². The van der Waals surface area contributed by atoms with Crippen molar-refractivity contribution in [2.45, 2.75) is 11.4 Å². The minimum Gasteiger partial charge on any atom is -0.459 e. The first-order valence-corrected chi connectivity index (χ1v) is 10.0. The summed E-state index contributed by atoms with van der Waals surface area (Å²) in [5.41, 5.74) is 0.749. The molecule has 7 nitrogen and oxygen atoms in total. The predicted octanol–water partition coefficient (Wildman–Crippen LogP) is 2.93. The summed E-state index contributed by atoms with van der Waals surface area (Å²) in [6.07, 6.45) is 0. The first-order valence-electron chi connectivity index (χ1n) is 7.66. The summed E-state index contributed by atoms with van der Waals surface area (Å²) in [5, 5.41) is 1.94. The van der Waals surface area contributed by atoms with E-state index in [-0.39, 0.29) is 11.4 Å². The second kappa shape index (κ2) is 6.27. The van der Waals surface area contributed by atoms with E-state index < -0.39 is 15.8 Å². The van der Waals surface area contributed by atoms with Crippen molar-refractivity contribution in [3.05, 3.63) is 64.2 Å². The van der Waals surface area contributed by atoms with Gasteiger partial charge in [-0.3, -0.25) is 4.57 Å². The highest BCUT2D eigenvalue weighted by molar-refractivity contribution is 7.89. The first-order chi connectivity index (χ1) is 12.4. The monoisotopic (exact) mass is 390 g/mol. The Balaban J connectivity index is 1.56. The van der Waals surface area contributed by atoms with Crippen LogP contribution in [0.5, 0.6) is 0 Å². The number of aryl methyl sites for hydroxylation is 1. The average molecular weight is 390 g/mol. The maximum Gasteiger partial charge on any atom is 0.419 e. The van der Waals surface area contributed by atoms with Crippen molar-refractivity contribution < 1.29 is 17.3 Å². The van der Waals surface area contributed by atoms with E-state index in [1.54, 1.807) is 17.4 Å². The topological polar surface area (TPSA) is 94.5 Å². The van der Waals surface area contributed by atoms with E-state index in [2.05, 4.69) is 4.72 Å². The summed E-state index contributed by atoms with van der Waals surface area (Å²) in [4.78, 5) is 12.6. The predicted molar refractivity (Wildman–Crippen MR) is 97.5 cm³/mol. The van der Waals surface area contributed by atoms with Crippen LogP contribution < -0.4 is 10.5 Å². The summed E-state index contributed by atoms with van der Waals surface area (Å²) in [6.45, 7) is 0.0239. The third-order valence-corrected chi connectivity index (χ3v) is 6.22. The number of thiophene rings is 1. The molecule has 4 aromatic rings. The largest absolute Gasteiger partial charge is 0.459 e. The van der Waals surface area contributed by atoms with Crippen molar-refractivity contribution in [3.63, 3.8) is 0 Å². The normalized spacial score (nSPS) is 12.0. The Labute approximate surface area is 152 Å². The third kappa shape index (κ3) is 3.00. The van der Waals surface area contributed by atoms with Crippen LogP contribution in [0.25, 0.3) is 21.7 Å². The van der Waals surface area contributed by atoms with Crippen molar-refractivity contribution in [2.24, 2.45) is 7.05 Å². The van der Waals surface area contributed by atoms with Crippen molar-refractivity contribution >= 4 is 32.5 Å². The fraction of sp³-hybridized carbons (Fsp3) is 0.118. The molecule has 134 valence electrons. The number of hydrogen-bond acceptors (Lipinski definition) is 6. The highest BCUT2D eigenvalue weighted by Crippen LogP contribution is 2.26. The molecular weight excluding hydrogens is 376 g/mol. The minimum atomic E-state index is -3.77. The van der Waals surface area contributed by atoms with Crippen LogP contribution in [0.3, 0.4) is 0 Å². The lowest BCUT2D eigenvalue weighted by molar-refractivity contribution is 0.510. The summed E-state index contributed by atoms with van der Waals surface area (Å²) < 4.78 is 39.5. The third-order valence-electron chi connectivity index (χ3n) is 3.94. The van der Waals surface area contributed by atoms with Gasteiger partial charge in [-0.25, -0.2) is 17.9 Å². The number of furan rings is 1. The first kappa shape index (κ1) is 16.8. The molecule has 0 saturated carbocycles. The minimum absolute atomic E-state index is 0.0239.